The van der Waals surface area contributed by atoms with Crippen LogP contribution < -0.4 is 14.2 Å². The third kappa shape index (κ3) is 4.44. The van der Waals surface area contributed by atoms with Crippen molar-refractivity contribution in [3.63, 3.8) is 0 Å². The molecular weight excluding hydrogens is 318 g/mol. The molecule has 2 aromatic rings. The Balaban J connectivity index is 2.32. The number of methoxy groups -OCH3 is 2. The van der Waals surface area contributed by atoms with Gasteiger partial charge in [-0.15, -0.1) is 0 Å². The van der Waals surface area contributed by atoms with E-state index in [9.17, 15) is 4.79 Å². The van der Waals surface area contributed by atoms with Crippen molar-refractivity contribution < 1.29 is 19.0 Å². The second-order valence-electron chi connectivity index (χ2n) is 5.46. The molecule has 0 aliphatic carbocycles. The number of hydrogen-bond acceptors (Lipinski definition) is 4. The fourth-order valence-corrected chi connectivity index (χ4v) is 2.57. The summed E-state index contributed by atoms with van der Waals surface area (Å²) in [5.41, 5.74) is 1.55. The van der Waals surface area contributed by atoms with Gasteiger partial charge < -0.3 is 19.1 Å². The average Bonchev–Trinajstić information content (AvgIpc) is 2.67. The molecule has 134 valence electrons. The van der Waals surface area contributed by atoms with Gasteiger partial charge in [0.2, 0.25) is 5.75 Å². The first-order chi connectivity index (χ1) is 12.1. The Morgan fingerprint density at radius 1 is 0.960 bits per heavy atom. The van der Waals surface area contributed by atoms with Crippen LogP contribution in [-0.4, -0.2) is 38.1 Å². The third-order valence-electron chi connectivity index (χ3n) is 3.98. The fourth-order valence-electron chi connectivity index (χ4n) is 2.57. The minimum Gasteiger partial charge on any atom is -0.493 e. The van der Waals surface area contributed by atoms with Gasteiger partial charge in [0.25, 0.3) is 5.91 Å². The van der Waals surface area contributed by atoms with Gasteiger partial charge in [-0.1, -0.05) is 30.3 Å². The van der Waals surface area contributed by atoms with Gasteiger partial charge in [0.05, 0.1) is 14.2 Å². The summed E-state index contributed by atoms with van der Waals surface area (Å²) in [5, 5.41) is 0. The molecule has 2 aromatic carbocycles. The van der Waals surface area contributed by atoms with Gasteiger partial charge in [-0.2, -0.15) is 0 Å². The van der Waals surface area contributed by atoms with Crippen molar-refractivity contribution in [2.75, 3.05) is 27.3 Å². The molecule has 0 spiro atoms. The summed E-state index contributed by atoms with van der Waals surface area (Å²) < 4.78 is 16.8. The summed E-state index contributed by atoms with van der Waals surface area (Å²) in [4.78, 5) is 14.4. The molecule has 25 heavy (non-hydrogen) atoms. The molecule has 0 fully saturated rings. The third-order valence-corrected chi connectivity index (χ3v) is 3.98. The molecular formula is C20H25NO4. The summed E-state index contributed by atoms with van der Waals surface area (Å²) >= 11 is 0. The smallest absolute Gasteiger partial charge is 0.254 e. The summed E-state index contributed by atoms with van der Waals surface area (Å²) in [7, 11) is 3.10. The first kappa shape index (κ1) is 18.6. The number of benzene rings is 2. The Bertz CT molecular complexity index is 671. The van der Waals surface area contributed by atoms with Crippen LogP contribution in [0.25, 0.3) is 0 Å². The topological polar surface area (TPSA) is 48.0 Å². The first-order valence-electron chi connectivity index (χ1n) is 8.36. The normalized spacial score (nSPS) is 10.2. The molecule has 0 saturated heterocycles. The fraction of sp³-hybridized carbons (Fsp3) is 0.350. The van der Waals surface area contributed by atoms with Crippen LogP contribution in [0, 0.1) is 0 Å². The van der Waals surface area contributed by atoms with E-state index in [0.717, 1.165) is 5.56 Å². The van der Waals surface area contributed by atoms with Gasteiger partial charge in [-0.25, -0.2) is 0 Å². The SMILES string of the molecule is CCN(CC)C(=O)c1cc(OC)c(OCc2ccccc2)c(OC)c1. The van der Waals surface area contributed by atoms with Crippen LogP contribution in [0.3, 0.4) is 0 Å². The zero-order valence-corrected chi connectivity index (χ0v) is 15.2. The predicted octanol–water partition coefficient (Wildman–Crippen LogP) is 3.76. The van der Waals surface area contributed by atoms with Crippen molar-refractivity contribution in [3.8, 4) is 17.2 Å². The maximum absolute atomic E-state index is 12.6. The monoisotopic (exact) mass is 343 g/mol. The van der Waals surface area contributed by atoms with Gasteiger partial charge in [0, 0.05) is 18.7 Å². The van der Waals surface area contributed by atoms with Crippen LogP contribution in [0.2, 0.25) is 0 Å². The number of carbonyl (C=O) groups excluding carboxylic acids is 1. The number of ether oxygens (including phenoxy) is 3. The summed E-state index contributed by atoms with van der Waals surface area (Å²) in [5.74, 6) is 1.39. The summed E-state index contributed by atoms with van der Waals surface area (Å²) in [6.07, 6.45) is 0. The molecule has 5 heteroatoms. The quantitative estimate of drug-likeness (QED) is 0.732. The van der Waals surface area contributed by atoms with Crippen molar-refractivity contribution in [1.29, 1.82) is 0 Å². The molecule has 2 rings (SSSR count). The Hall–Kier alpha value is -2.69. The molecule has 1 amide bonds. The maximum Gasteiger partial charge on any atom is 0.254 e. The van der Waals surface area contributed by atoms with Crippen LogP contribution in [0.5, 0.6) is 17.2 Å². The van der Waals surface area contributed by atoms with Gasteiger partial charge in [0.15, 0.2) is 11.5 Å². The van der Waals surface area contributed by atoms with Gasteiger partial charge in [-0.3, -0.25) is 4.79 Å². The van der Waals surface area contributed by atoms with Gasteiger partial charge >= 0.3 is 0 Å². The molecule has 0 unspecified atom stereocenters. The lowest BCUT2D eigenvalue weighted by Gasteiger charge is -2.21. The van der Waals surface area contributed by atoms with E-state index in [1.807, 2.05) is 44.2 Å². The molecule has 0 bridgehead atoms. The molecule has 0 N–H and O–H groups in total. The van der Waals surface area contributed by atoms with Crippen LogP contribution in [0.4, 0.5) is 0 Å². The molecule has 0 heterocycles. The van der Waals surface area contributed by atoms with Crippen LogP contribution in [0.1, 0.15) is 29.8 Å². The number of carbonyl (C=O) groups is 1. The molecule has 5 nitrogen and oxygen atoms in total. The van der Waals surface area contributed by atoms with Crippen molar-refractivity contribution in [2.24, 2.45) is 0 Å². The highest BCUT2D eigenvalue weighted by Gasteiger charge is 2.20. The van der Waals surface area contributed by atoms with E-state index in [1.54, 1.807) is 31.3 Å². The largest absolute Gasteiger partial charge is 0.493 e. The lowest BCUT2D eigenvalue weighted by atomic mass is 10.1. The lowest BCUT2D eigenvalue weighted by molar-refractivity contribution is 0.0772. The van der Waals surface area contributed by atoms with Crippen LogP contribution >= 0.6 is 0 Å². The Morgan fingerprint density at radius 3 is 2.00 bits per heavy atom. The lowest BCUT2D eigenvalue weighted by Crippen LogP contribution is -2.30. The Morgan fingerprint density at radius 2 is 1.52 bits per heavy atom. The minimum absolute atomic E-state index is 0.0591. The second kappa shape index (κ2) is 8.97. The predicted molar refractivity (Wildman–Crippen MR) is 97.6 cm³/mol. The van der Waals surface area contributed by atoms with E-state index in [0.29, 0.717) is 42.5 Å². The van der Waals surface area contributed by atoms with Crippen molar-refractivity contribution in [2.45, 2.75) is 20.5 Å². The zero-order valence-electron chi connectivity index (χ0n) is 15.2. The standard InChI is InChI=1S/C20H25NO4/c1-5-21(6-2)20(22)16-12-17(23-3)19(18(13-16)24-4)25-14-15-10-8-7-9-11-15/h7-13H,5-6,14H2,1-4H3. The molecule has 0 aliphatic heterocycles. The van der Waals surface area contributed by atoms with Crippen LogP contribution in [-0.2, 0) is 6.61 Å². The molecule has 0 atom stereocenters. The molecule has 0 aromatic heterocycles. The Labute approximate surface area is 149 Å². The maximum atomic E-state index is 12.6. The Kier molecular flexibility index (Phi) is 6.69. The minimum atomic E-state index is -0.0591. The average molecular weight is 343 g/mol. The summed E-state index contributed by atoms with van der Waals surface area (Å²) in [6.45, 7) is 5.58. The highest BCUT2D eigenvalue weighted by molar-refractivity contribution is 5.95. The van der Waals surface area contributed by atoms with Crippen LogP contribution in [0.15, 0.2) is 42.5 Å². The van der Waals surface area contributed by atoms with E-state index in [4.69, 9.17) is 14.2 Å². The highest BCUT2D eigenvalue weighted by Crippen LogP contribution is 2.39. The second-order valence-corrected chi connectivity index (χ2v) is 5.46. The zero-order chi connectivity index (χ0) is 18.2. The summed E-state index contributed by atoms with van der Waals surface area (Å²) in [6, 6.07) is 13.2. The highest BCUT2D eigenvalue weighted by atomic mass is 16.5. The molecule has 0 radical (unpaired) electrons. The van der Waals surface area contributed by atoms with Crippen molar-refractivity contribution in [3.05, 3.63) is 53.6 Å². The number of nitrogens with zero attached hydrogens (tertiary/aromatic N) is 1. The van der Waals surface area contributed by atoms with E-state index in [1.165, 1.54) is 0 Å². The number of hydrogen-bond donors (Lipinski definition) is 0. The van der Waals surface area contributed by atoms with E-state index in [-0.39, 0.29) is 5.91 Å². The van der Waals surface area contributed by atoms with E-state index >= 15 is 0 Å². The van der Waals surface area contributed by atoms with Gasteiger partial charge in [0.1, 0.15) is 6.61 Å². The number of rotatable bonds is 8. The van der Waals surface area contributed by atoms with Crippen molar-refractivity contribution >= 4 is 5.91 Å². The molecule has 0 aliphatic rings. The van der Waals surface area contributed by atoms with E-state index < -0.39 is 0 Å². The number of amides is 1. The van der Waals surface area contributed by atoms with E-state index in [2.05, 4.69) is 0 Å². The molecule has 0 saturated carbocycles. The van der Waals surface area contributed by atoms with Crippen molar-refractivity contribution in [1.82, 2.24) is 4.90 Å². The first-order valence-corrected chi connectivity index (χ1v) is 8.36. The van der Waals surface area contributed by atoms with Gasteiger partial charge in [-0.05, 0) is 31.5 Å².